The van der Waals surface area contributed by atoms with Crippen LogP contribution in [-0.2, 0) is 15.9 Å². The highest BCUT2D eigenvalue weighted by atomic mass is 35.5. The summed E-state index contributed by atoms with van der Waals surface area (Å²) in [6, 6.07) is 12.9. The van der Waals surface area contributed by atoms with Gasteiger partial charge in [0.1, 0.15) is 5.75 Å². The molecule has 2 aromatic rings. The van der Waals surface area contributed by atoms with E-state index in [0.717, 1.165) is 108 Å². The van der Waals surface area contributed by atoms with Crippen LogP contribution in [0.2, 0.25) is 5.02 Å². The minimum atomic E-state index is -0.449. The van der Waals surface area contributed by atoms with Crippen LogP contribution in [0.5, 0.6) is 5.75 Å². The lowest BCUT2D eigenvalue weighted by molar-refractivity contribution is -0.0492. The Labute approximate surface area is 340 Å². The van der Waals surface area contributed by atoms with Crippen molar-refractivity contribution in [2.45, 2.75) is 90.4 Å². The van der Waals surface area contributed by atoms with Crippen molar-refractivity contribution in [3.05, 3.63) is 70.3 Å². The minimum Gasteiger partial charge on any atom is -0.491 e. The third-order valence-electron chi connectivity index (χ3n) is 11.8. The van der Waals surface area contributed by atoms with E-state index in [0.29, 0.717) is 36.0 Å². The van der Waals surface area contributed by atoms with Crippen molar-refractivity contribution in [2.24, 2.45) is 17.8 Å². The molecule has 6 rings (SSSR count). The van der Waals surface area contributed by atoms with Gasteiger partial charge in [-0.05, 0) is 91.3 Å². The summed E-state index contributed by atoms with van der Waals surface area (Å²) in [5.74, 6) is 6.89. The van der Waals surface area contributed by atoms with Crippen molar-refractivity contribution >= 4 is 39.7 Å². The summed E-state index contributed by atoms with van der Waals surface area (Å²) in [7, 11) is 1.26. The summed E-state index contributed by atoms with van der Waals surface area (Å²) < 4.78 is 20.3. The molecular weight excluding hydrogens is 728 g/mol. The van der Waals surface area contributed by atoms with Gasteiger partial charge in [-0.3, -0.25) is 14.6 Å². The molecular formula is C45H69ClN4O4S. The van der Waals surface area contributed by atoms with Crippen molar-refractivity contribution in [1.29, 1.82) is 0 Å². The summed E-state index contributed by atoms with van der Waals surface area (Å²) >= 11 is 6.51. The van der Waals surface area contributed by atoms with Crippen molar-refractivity contribution < 1.29 is 19.0 Å². The van der Waals surface area contributed by atoms with Gasteiger partial charge in [-0.25, -0.2) is 0 Å². The van der Waals surface area contributed by atoms with Gasteiger partial charge in [-0.15, -0.1) is 0 Å². The number of hydrogen-bond acceptors (Lipinski definition) is 7. The zero-order chi connectivity index (χ0) is 39.3. The quantitative estimate of drug-likeness (QED) is 0.143. The normalized spacial score (nSPS) is 24.1. The molecule has 306 valence electrons. The number of carbonyl (C=O) groups is 1. The predicted octanol–water partition coefficient (Wildman–Crippen LogP) is 8.70. The number of rotatable bonds is 15. The number of aryl methyl sites for hydroxylation is 1. The highest BCUT2D eigenvalue weighted by Gasteiger charge is 2.40. The molecule has 6 unspecified atom stereocenters. The summed E-state index contributed by atoms with van der Waals surface area (Å²) in [5.41, 5.74) is 4.32. The van der Waals surface area contributed by atoms with Gasteiger partial charge in [0.25, 0.3) is 5.91 Å². The number of carbonyl (C=O) groups excluding carboxylic acids is 1. The number of nitrogens with one attached hydrogen (secondary N) is 1. The van der Waals surface area contributed by atoms with Crippen LogP contribution in [0.3, 0.4) is 0 Å². The van der Waals surface area contributed by atoms with E-state index in [9.17, 15) is 4.79 Å². The predicted molar refractivity (Wildman–Crippen MR) is 234 cm³/mol. The van der Waals surface area contributed by atoms with Crippen LogP contribution < -0.4 is 14.4 Å². The second-order valence-electron chi connectivity index (χ2n) is 16.1. The summed E-state index contributed by atoms with van der Waals surface area (Å²) in [4.78, 5) is 21.3. The first kappa shape index (κ1) is 43.7. The molecule has 1 saturated carbocycles. The second kappa shape index (κ2) is 21.9. The molecule has 2 aromatic carbocycles. The number of benzene rings is 2. The van der Waals surface area contributed by atoms with Gasteiger partial charge in [0.2, 0.25) is 0 Å². The summed E-state index contributed by atoms with van der Waals surface area (Å²) in [6.07, 6.45) is 11.6. The van der Waals surface area contributed by atoms with E-state index >= 15 is 0 Å². The SMILES string of the molecule is C=S(NC(=O)c1ccc2c(c1)N(CC1CCC1C(/C=C/CC)CN1CCN3CCOCC3C1)CC(c1ccc(Cl)cc1CCC)CO2)C(C)C.CCCOC. The molecule has 1 amide bonds. The fourth-order valence-electron chi connectivity index (χ4n) is 8.55. The smallest absolute Gasteiger partial charge is 0.260 e. The number of anilines is 1. The van der Waals surface area contributed by atoms with Gasteiger partial charge in [0.15, 0.2) is 0 Å². The first-order chi connectivity index (χ1) is 26.6. The van der Waals surface area contributed by atoms with E-state index in [1.165, 1.54) is 24.0 Å². The summed E-state index contributed by atoms with van der Waals surface area (Å²) in [5, 5.41) is 1.07. The molecule has 6 atom stereocenters. The van der Waals surface area contributed by atoms with E-state index in [1.54, 1.807) is 7.11 Å². The molecule has 0 spiro atoms. The number of ether oxygens (including phenoxy) is 3. The van der Waals surface area contributed by atoms with Crippen molar-refractivity contribution in [1.82, 2.24) is 14.5 Å². The molecule has 3 heterocycles. The van der Waals surface area contributed by atoms with Gasteiger partial charge >= 0.3 is 0 Å². The van der Waals surface area contributed by atoms with Crippen LogP contribution >= 0.6 is 22.3 Å². The number of nitrogens with zero attached hydrogens (tertiary/aromatic N) is 3. The van der Waals surface area contributed by atoms with Crippen molar-refractivity contribution in [2.75, 3.05) is 84.3 Å². The maximum absolute atomic E-state index is 13.4. The van der Waals surface area contributed by atoms with Gasteiger partial charge in [0, 0.05) is 87.3 Å². The number of methoxy groups -OCH3 is 1. The Kier molecular flexibility index (Phi) is 17.4. The van der Waals surface area contributed by atoms with Crippen LogP contribution in [0, 0.1) is 17.8 Å². The standard InChI is InChI=1S/C41H59ClN4O3S.C4H10O/c1-6-8-10-32(23-44-17-18-45-19-20-48-28-36(45)26-44)38-14-11-33(38)24-46-25-34(37-15-13-35(42)21-30(37)9-7-2)27-49-40-16-12-31(22-39(40)46)41(47)43-50(5)29(3)4;1-3-4-5-2/h8,10,12-13,15-16,21-22,29,32-34,36,38H,5-7,9,11,14,17-20,23-28H2,1-4H3,(H,43,47);3-4H2,1-2H3/b10-8+;. The first-order valence-corrected chi connectivity index (χ1v) is 22.8. The highest BCUT2D eigenvalue weighted by molar-refractivity contribution is 8.13. The van der Waals surface area contributed by atoms with Gasteiger partial charge in [-0.1, -0.05) is 87.4 Å². The lowest BCUT2D eigenvalue weighted by atomic mass is 9.66. The van der Waals surface area contributed by atoms with Gasteiger partial charge in [-0.2, -0.15) is 0 Å². The average molecular weight is 798 g/mol. The Bertz CT molecular complexity index is 1570. The first-order valence-electron chi connectivity index (χ1n) is 21.0. The maximum atomic E-state index is 13.4. The minimum absolute atomic E-state index is 0.0711. The fourth-order valence-corrected chi connectivity index (χ4v) is 9.33. The molecule has 3 aliphatic heterocycles. The number of piperazine rings is 1. The number of fused-ring (bicyclic) bond motifs is 2. The topological polar surface area (TPSA) is 66.5 Å². The zero-order valence-corrected chi connectivity index (χ0v) is 36.1. The van der Waals surface area contributed by atoms with E-state index in [4.69, 9.17) is 25.8 Å². The monoisotopic (exact) mass is 796 g/mol. The molecule has 0 aromatic heterocycles. The van der Waals surface area contributed by atoms with Crippen molar-refractivity contribution in [3.8, 4) is 5.75 Å². The number of allylic oxidation sites excluding steroid dienone is 1. The Morgan fingerprint density at radius 3 is 2.60 bits per heavy atom. The summed E-state index contributed by atoms with van der Waals surface area (Å²) in [6.45, 7) is 21.3. The maximum Gasteiger partial charge on any atom is 0.260 e. The largest absolute Gasteiger partial charge is 0.491 e. The Morgan fingerprint density at radius 2 is 1.91 bits per heavy atom. The molecule has 4 aliphatic rings. The highest BCUT2D eigenvalue weighted by Crippen LogP contribution is 2.44. The van der Waals surface area contributed by atoms with Crippen LogP contribution in [0.15, 0.2) is 48.6 Å². The molecule has 2 saturated heterocycles. The molecule has 10 heteroatoms. The number of amides is 1. The lowest BCUT2D eigenvalue weighted by Crippen LogP contribution is -2.59. The molecule has 1 aliphatic carbocycles. The third-order valence-corrected chi connectivity index (χ3v) is 13.6. The number of hydrogen-bond donors (Lipinski definition) is 1. The molecule has 8 nitrogen and oxygen atoms in total. The second-order valence-corrected chi connectivity index (χ2v) is 18.6. The fraction of sp³-hybridized carbons (Fsp3) is 0.644. The Balaban J connectivity index is 0.00000109. The lowest BCUT2D eigenvalue weighted by Gasteiger charge is -2.48. The molecule has 0 radical (unpaired) electrons. The molecule has 0 bridgehead atoms. The van der Waals surface area contributed by atoms with E-state index in [-0.39, 0.29) is 17.1 Å². The third kappa shape index (κ3) is 12.1. The number of morpholine rings is 1. The molecule has 1 N–H and O–H groups in total. The van der Waals surface area contributed by atoms with Gasteiger partial charge in [0.05, 0.1) is 25.5 Å². The molecule has 55 heavy (non-hydrogen) atoms. The Hall–Kier alpha value is -2.40. The van der Waals surface area contributed by atoms with Crippen LogP contribution in [-0.4, -0.2) is 112 Å². The van der Waals surface area contributed by atoms with Crippen LogP contribution in [0.1, 0.15) is 94.1 Å². The van der Waals surface area contributed by atoms with E-state index < -0.39 is 10.7 Å². The number of halogens is 1. The zero-order valence-electron chi connectivity index (χ0n) is 34.6. The molecule has 3 fully saturated rings. The van der Waals surface area contributed by atoms with Gasteiger partial charge < -0.3 is 23.8 Å². The Morgan fingerprint density at radius 1 is 1.07 bits per heavy atom. The van der Waals surface area contributed by atoms with Crippen LogP contribution in [0.25, 0.3) is 0 Å². The van der Waals surface area contributed by atoms with E-state index in [1.807, 2.05) is 18.2 Å². The van der Waals surface area contributed by atoms with Crippen molar-refractivity contribution in [3.63, 3.8) is 0 Å². The van der Waals surface area contributed by atoms with E-state index in [2.05, 4.69) is 90.3 Å². The average Bonchev–Trinajstić information content (AvgIpc) is 3.35. The van der Waals surface area contributed by atoms with Crippen LogP contribution in [0.4, 0.5) is 5.69 Å².